The molecular formula is C10H13ClN2O2S. The normalized spacial score (nSPS) is 19.7. The van der Waals surface area contributed by atoms with Gasteiger partial charge < -0.3 is 4.90 Å². The zero-order valence-electron chi connectivity index (χ0n) is 8.76. The molecule has 0 unspecified atom stereocenters. The Bertz CT molecular complexity index is 461. The van der Waals surface area contributed by atoms with Crippen molar-refractivity contribution in [3.8, 4) is 0 Å². The number of alkyl halides is 1. The molecule has 0 radical (unpaired) electrons. The van der Waals surface area contributed by atoms with Gasteiger partial charge in [-0.1, -0.05) is 0 Å². The standard InChI is InChI=1S/C10H13ClN2O2S/c11-7-9-8-12-2-1-10(9)13-3-5-16(14,15)6-4-13/h1-2,8H,3-7H2. The van der Waals surface area contributed by atoms with Gasteiger partial charge in [-0.15, -0.1) is 11.6 Å². The number of anilines is 1. The Balaban J connectivity index is 2.20. The van der Waals surface area contributed by atoms with Gasteiger partial charge in [-0.05, 0) is 6.07 Å². The van der Waals surface area contributed by atoms with Crippen LogP contribution in [0.15, 0.2) is 18.5 Å². The van der Waals surface area contributed by atoms with Crippen molar-refractivity contribution in [1.29, 1.82) is 0 Å². The molecule has 1 aliphatic rings. The van der Waals surface area contributed by atoms with Crippen molar-refractivity contribution in [1.82, 2.24) is 4.98 Å². The van der Waals surface area contributed by atoms with E-state index in [-0.39, 0.29) is 11.5 Å². The fraction of sp³-hybridized carbons (Fsp3) is 0.500. The number of pyridine rings is 1. The minimum absolute atomic E-state index is 0.219. The van der Waals surface area contributed by atoms with Crippen LogP contribution in [0.3, 0.4) is 0 Å². The molecule has 0 atom stereocenters. The molecule has 2 heterocycles. The van der Waals surface area contributed by atoms with Gasteiger partial charge in [-0.2, -0.15) is 0 Å². The number of rotatable bonds is 2. The van der Waals surface area contributed by atoms with Crippen LogP contribution in [-0.2, 0) is 15.7 Å². The SMILES string of the molecule is O=S1(=O)CCN(c2ccncc2CCl)CC1. The van der Waals surface area contributed by atoms with E-state index in [9.17, 15) is 8.42 Å². The van der Waals surface area contributed by atoms with Crippen LogP contribution < -0.4 is 4.90 Å². The molecule has 1 fully saturated rings. The maximum atomic E-state index is 11.3. The molecule has 0 bridgehead atoms. The number of aromatic nitrogens is 1. The van der Waals surface area contributed by atoms with Crippen LogP contribution in [0.2, 0.25) is 0 Å². The first-order chi connectivity index (χ1) is 7.62. The van der Waals surface area contributed by atoms with Crippen LogP contribution in [0, 0.1) is 0 Å². The van der Waals surface area contributed by atoms with E-state index in [0.29, 0.717) is 19.0 Å². The first-order valence-electron chi connectivity index (χ1n) is 5.06. The van der Waals surface area contributed by atoms with Crippen molar-refractivity contribution < 1.29 is 8.42 Å². The lowest BCUT2D eigenvalue weighted by molar-refractivity contribution is 0.586. The number of nitrogens with zero attached hydrogens (tertiary/aromatic N) is 2. The highest BCUT2D eigenvalue weighted by atomic mass is 35.5. The molecule has 0 N–H and O–H groups in total. The molecule has 0 saturated carbocycles. The van der Waals surface area contributed by atoms with E-state index in [1.54, 1.807) is 12.4 Å². The monoisotopic (exact) mass is 260 g/mol. The molecular weight excluding hydrogens is 248 g/mol. The summed E-state index contributed by atoms with van der Waals surface area (Å²) >= 11 is 5.82. The molecule has 88 valence electrons. The van der Waals surface area contributed by atoms with Crippen LogP contribution >= 0.6 is 11.6 Å². The summed E-state index contributed by atoms with van der Waals surface area (Å²) in [6.07, 6.45) is 3.43. The van der Waals surface area contributed by atoms with Crippen molar-refractivity contribution in [3.63, 3.8) is 0 Å². The third kappa shape index (κ3) is 2.47. The summed E-state index contributed by atoms with van der Waals surface area (Å²) in [4.78, 5) is 6.07. The largest absolute Gasteiger partial charge is 0.369 e. The minimum Gasteiger partial charge on any atom is -0.369 e. The molecule has 16 heavy (non-hydrogen) atoms. The van der Waals surface area contributed by atoms with Crippen LogP contribution in [0.1, 0.15) is 5.56 Å². The lowest BCUT2D eigenvalue weighted by atomic mass is 10.2. The topological polar surface area (TPSA) is 50.3 Å². The smallest absolute Gasteiger partial charge is 0.153 e. The zero-order chi connectivity index (χ0) is 11.6. The molecule has 1 aromatic rings. The van der Waals surface area contributed by atoms with Crippen molar-refractivity contribution in [2.75, 3.05) is 29.5 Å². The van der Waals surface area contributed by atoms with Gasteiger partial charge in [-0.25, -0.2) is 8.42 Å². The van der Waals surface area contributed by atoms with E-state index in [1.165, 1.54) is 0 Å². The van der Waals surface area contributed by atoms with Gasteiger partial charge in [0, 0.05) is 36.7 Å². The highest BCUT2D eigenvalue weighted by Gasteiger charge is 2.22. The van der Waals surface area contributed by atoms with E-state index in [1.807, 2.05) is 6.07 Å². The van der Waals surface area contributed by atoms with Gasteiger partial charge >= 0.3 is 0 Å². The zero-order valence-corrected chi connectivity index (χ0v) is 10.3. The van der Waals surface area contributed by atoms with Gasteiger partial charge in [0.1, 0.15) is 0 Å². The highest BCUT2D eigenvalue weighted by molar-refractivity contribution is 7.91. The fourth-order valence-corrected chi connectivity index (χ4v) is 3.19. The van der Waals surface area contributed by atoms with Crippen LogP contribution in [0.4, 0.5) is 5.69 Å². The molecule has 2 rings (SSSR count). The Hall–Kier alpha value is -0.810. The molecule has 0 amide bonds. The number of halogens is 1. The molecule has 0 aromatic carbocycles. The quantitative estimate of drug-likeness (QED) is 0.746. The summed E-state index contributed by atoms with van der Waals surface area (Å²) in [6, 6.07) is 1.88. The van der Waals surface area contributed by atoms with Crippen molar-refractivity contribution >= 4 is 27.1 Å². The van der Waals surface area contributed by atoms with E-state index in [2.05, 4.69) is 9.88 Å². The van der Waals surface area contributed by atoms with E-state index < -0.39 is 9.84 Å². The lowest BCUT2D eigenvalue weighted by Gasteiger charge is -2.29. The van der Waals surface area contributed by atoms with Crippen molar-refractivity contribution in [3.05, 3.63) is 24.0 Å². The summed E-state index contributed by atoms with van der Waals surface area (Å²) in [5, 5.41) is 0. The van der Waals surface area contributed by atoms with E-state index in [4.69, 9.17) is 11.6 Å². The highest BCUT2D eigenvalue weighted by Crippen LogP contribution is 2.22. The van der Waals surface area contributed by atoms with Crippen LogP contribution in [0.25, 0.3) is 0 Å². The molecule has 1 aromatic heterocycles. The predicted molar refractivity (Wildman–Crippen MR) is 64.7 cm³/mol. The van der Waals surface area contributed by atoms with E-state index in [0.717, 1.165) is 11.3 Å². The van der Waals surface area contributed by atoms with Gasteiger partial charge in [0.05, 0.1) is 17.4 Å². The summed E-state index contributed by atoms with van der Waals surface area (Å²) in [7, 11) is -2.83. The summed E-state index contributed by atoms with van der Waals surface area (Å²) < 4.78 is 22.6. The first kappa shape index (κ1) is 11.7. The molecule has 6 heteroatoms. The maximum absolute atomic E-state index is 11.3. The van der Waals surface area contributed by atoms with Gasteiger partial charge in [0.15, 0.2) is 9.84 Å². The maximum Gasteiger partial charge on any atom is 0.153 e. The summed E-state index contributed by atoms with van der Waals surface area (Å²) in [6.45, 7) is 1.08. The van der Waals surface area contributed by atoms with Crippen molar-refractivity contribution in [2.24, 2.45) is 0 Å². The average Bonchev–Trinajstić information content (AvgIpc) is 2.29. The second-order valence-electron chi connectivity index (χ2n) is 3.78. The second kappa shape index (κ2) is 4.59. The Morgan fingerprint density at radius 2 is 2.06 bits per heavy atom. The first-order valence-corrected chi connectivity index (χ1v) is 7.42. The minimum atomic E-state index is -2.83. The summed E-state index contributed by atoms with van der Waals surface area (Å²) in [5.41, 5.74) is 1.95. The Labute approximate surface area is 100 Å². The Morgan fingerprint density at radius 3 is 2.69 bits per heavy atom. The Morgan fingerprint density at radius 1 is 1.38 bits per heavy atom. The number of hydrogen-bond acceptors (Lipinski definition) is 4. The predicted octanol–water partition coefficient (Wildman–Crippen LogP) is 1.06. The molecule has 1 saturated heterocycles. The van der Waals surface area contributed by atoms with Crippen molar-refractivity contribution in [2.45, 2.75) is 5.88 Å². The van der Waals surface area contributed by atoms with Crippen LogP contribution in [-0.4, -0.2) is 38.0 Å². The number of sulfone groups is 1. The fourth-order valence-electron chi connectivity index (χ4n) is 1.78. The van der Waals surface area contributed by atoms with Gasteiger partial charge in [0.25, 0.3) is 0 Å². The van der Waals surface area contributed by atoms with Gasteiger partial charge in [0.2, 0.25) is 0 Å². The Kier molecular flexibility index (Phi) is 3.35. The third-order valence-electron chi connectivity index (χ3n) is 2.71. The molecule has 4 nitrogen and oxygen atoms in total. The van der Waals surface area contributed by atoms with E-state index >= 15 is 0 Å². The summed E-state index contributed by atoms with van der Waals surface area (Å²) in [5.74, 6) is 0.834. The molecule has 0 spiro atoms. The lowest BCUT2D eigenvalue weighted by Crippen LogP contribution is -2.40. The second-order valence-corrected chi connectivity index (χ2v) is 6.35. The number of hydrogen-bond donors (Lipinski definition) is 0. The average molecular weight is 261 g/mol. The van der Waals surface area contributed by atoms with Gasteiger partial charge in [-0.3, -0.25) is 4.98 Å². The van der Waals surface area contributed by atoms with Crippen LogP contribution in [0.5, 0.6) is 0 Å². The third-order valence-corrected chi connectivity index (χ3v) is 4.60. The molecule has 0 aliphatic carbocycles. The molecule has 1 aliphatic heterocycles.